The highest BCUT2D eigenvalue weighted by Gasteiger charge is 2.29. The molecule has 9 N–H and O–H groups in total. The summed E-state index contributed by atoms with van der Waals surface area (Å²) in [6.45, 7) is 1.21. The van der Waals surface area contributed by atoms with Crippen molar-refractivity contribution in [2.75, 3.05) is 5.75 Å². The highest BCUT2D eigenvalue weighted by Crippen LogP contribution is 2.00. The summed E-state index contributed by atoms with van der Waals surface area (Å²) in [5.74, 6) is -4.72. The second kappa shape index (κ2) is 11.8. The van der Waals surface area contributed by atoms with E-state index in [1.807, 2.05) is 0 Å². The van der Waals surface area contributed by atoms with Gasteiger partial charge in [0.25, 0.3) is 0 Å². The predicted octanol–water partition coefficient (Wildman–Crippen LogP) is -3.36. The van der Waals surface area contributed by atoms with Crippen LogP contribution in [0.1, 0.15) is 19.0 Å². The molecule has 0 fully saturated rings. The Labute approximate surface area is 177 Å². The molecule has 4 atom stereocenters. The van der Waals surface area contributed by atoms with Crippen LogP contribution in [0.25, 0.3) is 0 Å². The third kappa shape index (κ3) is 8.08. The average Bonchev–Trinajstić information content (AvgIpc) is 3.17. The van der Waals surface area contributed by atoms with Gasteiger partial charge >= 0.3 is 5.97 Å². The van der Waals surface area contributed by atoms with Crippen molar-refractivity contribution >= 4 is 42.2 Å². The quantitative estimate of drug-likeness (QED) is 0.152. The number of aromatic nitrogens is 2. The SMILES string of the molecule is CC(NC(=O)C(CC(N)=O)NC(=O)C(CS)NC(=O)C(N)Cc1cnc[nH]1)C(=O)O. The Balaban J connectivity index is 2.76. The van der Waals surface area contributed by atoms with Gasteiger partial charge in [-0.2, -0.15) is 12.6 Å². The van der Waals surface area contributed by atoms with Gasteiger partial charge in [-0.3, -0.25) is 24.0 Å². The minimum atomic E-state index is -1.44. The number of carboxylic acid groups (broad SMARTS) is 1. The topological polar surface area (TPSA) is 222 Å². The van der Waals surface area contributed by atoms with Crippen LogP contribution in [0.3, 0.4) is 0 Å². The lowest BCUT2D eigenvalue weighted by molar-refractivity contribution is -0.142. The molecule has 1 aromatic heterocycles. The van der Waals surface area contributed by atoms with Gasteiger partial charge in [0, 0.05) is 24.1 Å². The summed E-state index contributed by atoms with van der Waals surface area (Å²) in [7, 11) is 0. The van der Waals surface area contributed by atoms with Gasteiger partial charge in [-0.1, -0.05) is 0 Å². The maximum atomic E-state index is 12.5. The predicted molar refractivity (Wildman–Crippen MR) is 107 cm³/mol. The molecule has 0 radical (unpaired) electrons. The molecule has 0 aliphatic carbocycles. The molecule has 4 amide bonds. The number of nitrogens with zero attached hydrogens (tertiary/aromatic N) is 1. The minimum Gasteiger partial charge on any atom is -0.480 e. The summed E-state index contributed by atoms with van der Waals surface area (Å²) in [6, 6.07) is -4.85. The summed E-state index contributed by atoms with van der Waals surface area (Å²) in [4.78, 5) is 65.7. The second-order valence-electron chi connectivity index (χ2n) is 6.43. The zero-order valence-electron chi connectivity index (χ0n) is 16.1. The van der Waals surface area contributed by atoms with Gasteiger partial charge < -0.3 is 37.5 Å². The third-order valence-corrected chi connectivity index (χ3v) is 4.28. The van der Waals surface area contributed by atoms with E-state index in [9.17, 15) is 24.0 Å². The normalized spacial score (nSPS) is 14.6. The summed E-state index contributed by atoms with van der Waals surface area (Å²) >= 11 is 4.01. The van der Waals surface area contributed by atoms with Crippen LogP contribution in [-0.4, -0.2) is 74.6 Å². The van der Waals surface area contributed by atoms with E-state index in [4.69, 9.17) is 16.6 Å². The Morgan fingerprint density at radius 2 is 1.73 bits per heavy atom. The number of aliphatic carboxylic acids is 1. The van der Waals surface area contributed by atoms with Gasteiger partial charge in [0.1, 0.15) is 18.1 Å². The van der Waals surface area contributed by atoms with Crippen LogP contribution >= 0.6 is 12.6 Å². The van der Waals surface area contributed by atoms with Crippen LogP contribution in [0.15, 0.2) is 12.5 Å². The number of thiol groups is 1. The lowest BCUT2D eigenvalue weighted by Crippen LogP contribution is -2.58. The largest absolute Gasteiger partial charge is 0.480 e. The number of hydrogen-bond acceptors (Lipinski definition) is 8. The van der Waals surface area contributed by atoms with Crippen molar-refractivity contribution in [2.24, 2.45) is 11.5 Å². The fourth-order valence-corrected chi connectivity index (χ4v) is 2.51. The van der Waals surface area contributed by atoms with Crippen molar-refractivity contribution in [1.82, 2.24) is 25.9 Å². The van der Waals surface area contributed by atoms with Crippen molar-refractivity contribution < 1.29 is 29.1 Å². The molecule has 1 aromatic rings. The molecule has 1 rings (SSSR count). The number of carbonyl (C=O) groups excluding carboxylic acids is 4. The van der Waals surface area contributed by atoms with Gasteiger partial charge in [-0.15, -0.1) is 0 Å². The number of carboxylic acids is 1. The number of nitrogens with one attached hydrogen (secondary N) is 4. The summed E-state index contributed by atoms with van der Waals surface area (Å²) in [6.07, 6.45) is 2.50. The first kappa shape index (κ1) is 24.9. The van der Waals surface area contributed by atoms with Crippen LogP contribution in [0.5, 0.6) is 0 Å². The Hall–Kier alpha value is -3.13. The summed E-state index contributed by atoms with van der Waals surface area (Å²) < 4.78 is 0. The molecule has 13 nitrogen and oxygen atoms in total. The Morgan fingerprint density at radius 1 is 1.13 bits per heavy atom. The van der Waals surface area contributed by atoms with E-state index in [2.05, 4.69) is 38.5 Å². The first-order valence-electron chi connectivity index (χ1n) is 8.81. The highest BCUT2D eigenvalue weighted by atomic mass is 32.1. The zero-order valence-corrected chi connectivity index (χ0v) is 17.0. The Bertz CT molecular complexity index is 772. The molecular formula is C16H25N7O6S. The van der Waals surface area contributed by atoms with E-state index < -0.39 is 60.2 Å². The number of amides is 4. The van der Waals surface area contributed by atoms with E-state index in [0.717, 1.165) is 0 Å². The fraction of sp³-hybridized carbons (Fsp3) is 0.500. The molecule has 0 bridgehead atoms. The van der Waals surface area contributed by atoms with E-state index in [0.29, 0.717) is 5.69 Å². The number of hydrogen-bond donors (Lipinski definition) is 8. The molecule has 1 heterocycles. The van der Waals surface area contributed by atoms with Crippen molar-refractivity contribution in [3.05, 3.63) is 18.2 Å². The molecule has 4 unspecified atom stereocenters. The Kier molecular flexibility index (Phi) is 9.77. The van der Waals surface area contributed by atoms with Crippen LogP contribution in [0, 0.1) is 0 Å². The number of imidazole rings is 1. The highest BCUT2D eigenvalue weighted by molar-refractivity contribution is 7.80. The maximum absolute atomic E-state index is 12.5. The molecule has 0 saturated heterocycles. The molecule has 0 aromatic carbocycles. The Morgan fingerprint density at radius 3 is 2.23 bits per heavy atom. The van der Waals surface area contributed by atoms with Crippen LogP contribution in [-0.2, 0) is 30.4 Å². The van der Waals surface area contributed by atoms with Crippen molar-refractivity contribution in [2.45, 2.75) is 43.9 Å². The monoisotopic (exact) mass is 443 g/mol. The molecule has 166 valence electrons. The van der Waals surface area contributed by atoms with Gasteiger partial charge in [-0.25, -0.2) is 4.98 Å². The molecule has 0 spiro atoms. The second-order valence-corrected chi connectivity index (χ2v) is 6.80. The molecule has 0 aliphatic heterocycles. The summed E-state index contributed by atoms with van der Waals surface area (Å²) in [5, 5.41) is 15.7. The smallest absolute Gasteiger partial charge is 0.325 e. The number of H-pyrrole nitrogens is 1. The summed E-state index contributed by atoms with van der Waals surface area (Å²) in [5.41, 5.74) is 11.5. The van der Waals surface area contributed by atoms with Gasteiger partial charge in [0.05, 0.1) is 18.8 Å². The van der Waals surface area contributed by atoms with Crippen molar-refractivity contribution in [3.63, 3.8) is 0 Å². The van der Waals surface area contributed by atoms with Gasteiger partial charge in [0.2, 0.25) is 23.6 Å². The van der Waals surface area contributed by atoms with Gasteiger partial charge in [0.15, 0.2) is 0 Å². The van der Waals surface area contributed by atoms with E-state index in [-0.39, 0.29) is 12.2 Å². The number of rotatable bonds is 12. The average molecular weight is 443 g/mol. The molecule has 30 heavy (non-hydrogen) atoms. The molecule has 0 aliphatic rings. The molecule has 0 saturated carbocycles. The third-order valence-electron chi connectivity index (χ3n) is 3.91. The van der Waals surface area contributed by atoms with Crippen LogP contribution < -0.4 is 27.4 Å². The van der Waals surface area contributed by atoms with Crippen molar-refractivity contribution in [3.8, 4) is 0 Å². The van der Waals surface area contributed by atoms with Crippen LogP contribution in [0.2, 0.25) is 0 Å². The van der Waals surface area contributed by atoms with E-state index >= 15 is 0 Å². The first-order valence-corrected chi connectivity index (χ1v) is 9.44. The number of aromatic amines is 1. The van der Waals surface area contributed by atoms with Crippen molar-refractivity contribution in [1.29, 1.82) is 0 Å². The van der Waals surface area contributed by atoms with E-state index in [1.54, 1.807) is 0 Å². The maximum Gasteiger partial charge on any atom is 0.325 e. The molecule has 14 heteroatoms. The standard InChI is InChI=1S/C16H25N7O6S/c1-7(16(28)29)21-14(26)10(3-12(18)24)22-15(27)11(5-30)23-13(25)9(17)2-8-4-19-6-20-8/h4,6-7,9-11,30H,2-3,5,17H2,1H3,(H2,18,24)(H,19,20)(H,21,26)(H,22,27)(H,23,25)(H,28,29). The van der Waals surface area contributed by atoms with Crippen LogP contribution in [0.4, 0.5) is 0 Å². The minimum absolute atomic E-state index is 0.134. The molecular weight excluding hydrogens is 418 g/mol. The lowest BCUT2D eigenvalue weighted by Gasteiger charge is -2.23. The number of carbonyl (C=O) groups is 5. The van der Waals surface area contributed by atoms with Gasteiger partial charge in [-0.05, 0) is 6.92 Å². The first-order chi connectivity index (χ1) is 14.0. The number of primary amides is 1. The zero-order chi connectivity index (χ0) is 22.8. The number of nitrogens with two attached hydrogens (primary N) is 2. The fourth-order valence-electron chi connectivity index (χ4n) is 2.26. The van der Waals surface area contributed by atoms with E-state index in [1.165, 1.54) is 19.4 Å². The lowest BCUT2D eigenvalue weighted by atomic mass is 10.1.